The van der Waals surface area contributed by atoms with Gasteiger partial charge in [0.15, 0.2) is 0 Å². The first kappa shape index (κ1) is 17.7. The standard InChI is InChI=1S/C13H26N2O2.ClH/c1-3-4-8-15(9-10-17-2)13(16)11-12-6-5-7-14-12;/h12,14H,3-11H2,1-2H3;1H. The highest BCUT2D eigenvalue weighted by atomic mass is 35.5. The van der Waals surface area contributed by atoms with Gasteiger partial charge in [-0.25, -0.2) is 0 Å². The number of amides is 1. The highest BCUT2D eigenvalue weighted by Crippen LogP contribution is 2.11. The Morgan fingerprint density at radius 1 is 1.44 bits per heavy atom. The molecule has 4 nitrogen and oxygen atoms in total. The number of nitrogens with one attached hydrogen (secondary N) is 1. The molecule has 0 aromatic rings. The van der Waals surface area contributed by atoms with Gasteiger partial charge in [0, 0.05) is 32.7 Å². The van der Waals surface area contributed by atoms with E-state index in [0.29, 0.717) is 19.1 Å². The number of nitrogens with zero attached hydrogens (tertiary/aromatic N) is 1. The van der Waals surface area contributed by atoms with Gasteiger partial charge in [-0.15, -0.1) is 12.4 Å². The lowest BCUT2D eigenvalue weighted by Crippen LogP contribution is -2.38. The minimum absolute atomic E-state index is 0. The first-order valence-corrected chi connectivity index (χ1v) is 6.78. The summed E-state index contributed by atoms with van der Waals surface area (Å²) >= 11 is 0. The molecule has 0 aromatic carbocycles. The van der Waals surface area contributed by atoms with E-state index in [-0.39, 0.29) is 18.3 Å². The second kappa shape index (κ2) is 10.6. The van der Waals surface area contributed by atoms with Crippen molar-refractivity contribution in [1.29, 1.82) is 0 Å². The molecule has 108 valence electrons. The fourth-order valence-electron chi connectivity index (χ4n) is 2.18. The van der Waals surface area contributed by atoms with Gasteiger partial charge >= 0.3 is 0 Å². The lowest BCUT2D eigenvalue weighted by Gasteiger charge is -2.23. The molecule has 0 aromatic heterocycles. The van der Waals surface area contributed by atoms with Crippen molar-refractivity contribution in [2.24, 2.45) is 0 Å². The number of rotatable bonds is 8. The van der Waals surface area contributed by atoms with Crippen LogP contribution in [0.5, 0.6) is 0 Å². The van der Waals surface area contributed by atoms with Gasteiger partial charge < -0.3 is 15.0 Å². The summed E-state index contributed by atoms with van der Waals surface area (Å²) in [5.74, 6) is 0.273. The van der Waals surface area contributed by atoms with Crippen molar-refractivity contribution < 1.29 is 9.53 Å². The van der Waals surface area contributed by atoms with Crippen molar-refractivity contribution in [2.75, 3.05) is 33.4 Å². The third-order valence-corrected chi connectivity index (χ3v) is 3.28. The largest absolute Gasteiger partial charge is 0.383 e. The number of unbranched alkanes of at least 4 members (excludes halogenated alkanes) is 1. The summed E-state index contributed by atoms with van der Waals surface area (Å²) in [6, 6.07) is 0.397. The third kappa shape index (κ3) is 6.57. The van der Waals surface area contributed by atoms with Gasteiger partial charge in [0.2, 0.25) is 5.91 Å². The minimum Gasteiger partial charge on any atom is -0.383 e. The summed E-state index contributed by atoms with van der Waals surface area (Å²) < 4.78 is 5.06. The first-order chi connectivity index (χ1) is 8.27. The van der Waals surface area contributed by atoms with E-state index in [0.717, 1.165) is 38.9 Å². The van der Waals surface area contributed by atoms with Crippen molar-refractivity contribution in [1.82, 2.24) is 10.2 Å². The van der Waals surface area contributed by atoms with Gasteiger partial charge in [0.05, 0.1) is 6.61 Å². The smallest absolute Gasteiger partial charge is 0.224 e. The molecule has 1 saturated heterocycles. The van der Waals surface area contributed by atoms with Crippen molar-refractivity contribution >= 4 is 18.3 Å². The van der Waals surface area contributed by atoms with Crippen molar-refractivity contribution in [3.63, 3.8) is 0 Å². The molecule has 5 heteroatoms. The van der Waals surface area contributed by atoms with E-state index in [1.807, 2.05) is 4.90 Å². The average Bonchev–Trinajstić information content (AvgIpc) is 2.82. The van der Waals surface area contributed by atoms with Crippen molar-refractivity contribution in [3.8, 4) is 0 Å². The Labute approximate surface area is 117 Å². The quantitative estimate of drug-likeness (QED) is 0.736. The number of ether oxygens (including phenoxy) is 1. The van der Waals surface area contributed by atoms with Crippen molar-refractivity contribution in [2.45, 2.75) is 45.1 Å². The normalized spacial score (nSPS) is 18.4. The molecule has 0 aliphatic carbocycles. The van der Waals surface area contributed by atoms with Crippen LogP contribution in [0.2, 0.25) is 0 Å². The van der Waals surface area contributed by atoms with Crippen LogP contribution in [0.25, 0.3) is 0 Å². The Hall–Kier alpha value is -0.320. The molecule has 0 radical (unpaired) electrons. The Morgan fingerprint density at radius 2 is 2.22 bits per heavy atom. The zero-order valence-electron chi connectivity index (χ0n) is 11.6. The summed E-state index contributed by atoms with van der Waals surface area (Å²) in [5, 5.41) is 3.38. The van der Waals surface area contributed by atoms with E-state index in [1.54, 1.807) is 7.11 Å². The summed E-state index contributed by atoms with van der Waals surface area (Å²) in [5.41, 5.74) is 0. The molecule has 1 heterocycles. The molecule has 1 fully saturated rings. The number of halogens is 1. The zero-order valence-corrected chi connectivity index (χ0v) is 12.4. The summed E-state index contributed by atoms with van der Waals surface area (Å²) in [4.78, 5) is 14.1. The average molecular weight is 279 g/mol. The lowest BCUT2D eigenvalue weighted by atomic mass is 10.1. The zero-order chi connectivity index (χ0) is 12.5. The van der Waals surface area contributed by atoms with E-state index >= 15 is 0 Å². The molecule has 1 rings (SSSR count). The summed E-state index contributed by atoms with van der Waals surface area (Å²) in [6.45, 7) is 5.43. The highest BCUT2D eigenvalue weighted by molar-refractivity contribution is 5.85. The molecule has 1 atom stereocenters. The molecule has 0 bridgehead atoms. The molecule has 0 saturated carbocycles. The Bertz CT molecular complexity index is 213. The number of hydrogen-bond donors (Lipinski definition) is 1. The minimum atomic E-state index is 0. The molecule has 1 N–H and O–H groups in total. The second-order valence-corrected chi connectivity index (χ2v) is 4.72. The molecule has 0 spiro atoms. The van der Waals surface area contributed by atoms with Crippen LogP contribution in [-0.2, 0) is 9.53 Å². The number of hydrogen-bond acceptors (Lipinski definition) is 3. The Morgan fingerprint density at radius 3 is 2.78 bits per heavy atom. The maximum Gasteiger partial charge on any atom is 0.224 e. The predicted octanol–water partition coefficient (Wildman–Crippen LogP) is 1.83. The number of methoxy groups -OCH3 is 1. The fourth-order valence-corrected chi connectivity index (χ4v) is 2.18. The van der Waals surface area contributed by atoms with Crippen LogP contribution in [0.15, 0.2) is 0 Å². The number of carbonyl (C=O) groups excluding carboxylic acids is 1. The molecule has 18 heavy (non-hydrogen) atoms. The van der Waals surface area contributed by atoms with Gasteiger partial charge in [0.25, 0.3) is 0 Å². The van der Waals surface area contributed by atoms with Crippen molar-refractivity contribution in [3.05, 3.63) is 0 Å². The van der Waals surface area contributed by atoms with Gasteiger partial charge in [-0.1, -0.05) is 13.3 Å². The first-order valence-electron chi connectivity index (χ1n) is 6.78. The highest BCUT2D eigenvalue weighted by Gasteiger charge is 2.21. The summed E-state index contributed by atoms with van der Waals surface area (Å²) in [7, 11) is 1.68. The van der Waals surface area contributed by atoms with Crippen LogP contribution >= 0.6 is 12.4 Å². The molecular formula is C13H27ClN2O2. The van der Waals surface area contributed by atoms with Crippen LogP contribution in [0.4, 0.5) is 0 Å². The topological polar surface area (TPSA) is 41.6 Å². The Kier molecular flexibility index (Phi) is 10.4. The second-order valence-electron chi connectivity index (χ2n) is 4.72. The maximum atomic E-state index is 12.1. The van der Waals surface area contributed by atoms with Crippen LogP contribution in [-0.4, -0.2) is 50.2 Å². The molecule has 1 aliphatic rings. The van der Waals surface area contributed by atoms with Crippen LogP contribution in [0, 0.1) is 0 Å². The van der Waals surface area contributed by atoms with E-state index in [9.17, 15) is 4.79 Å². The molecule has 1 aliphatic heterocycles. The summed E-state index contributed by atoms with van der Waals surface area (Å²) in [6.07, 6.45) is 5.18. The SMILES string of the molecule is CCCCN(CCOC)C(=O)CC1CCCN1.Cl. The fraction of sp³-hybridized carbons (Fsp3) is 0.923. The van der Waals surface area contributed by atoms with Gasteiger partial charge in [0.1, 0.15) is 0 Å². The van der Waals surface area contributed by atoms with E-state index in [2.05, 4.69) is 12.2 Å². The third-order valence-electron chi connectivity index (χ3n) is 3.28. The van der Waals surface area contributed by atoms with Gasteiger partial charge in [-0.2, -0.15) is 0 Å². The van der Waals surface area contributed by atoms with Crippen LogP contribution in [0.3, 0.4) is 0 Å². The monoisotopic (exact) mass is 278 g/mol. The van der Waals surface area contributed by atoms with E-state index < -0.39 is 0 Å². The lowest BCUT2D eigenvalue weighted by molar-refractivity contribution is -0.132. The molecule has 1 unspecified atom stereocenters. The van der Waals surface area contributed by atoms with Gasteiger partial charge in [-0.3, -0.25) is 4.79 Å². The van der Waals surface area contributed by atoms with Crippen LogP contribution in [0.1, 0.15) is 39.0 Å². The maximum absolute atomic E-state index is 12.1. The molecular weight excluding hydrogens is 252 g/mol. The molecule has 1 amide bonds. The number of carbonyl (C=O) groups is 1. The van der Waals surface area contributed by atoms with Gasteiger partial charge in [-0.05, 0) is 25.8 Å². The van der Waals surface area contributed by atoms with Crippen LogP contribution < -0.4 is 5.32 Å². The van der Waals surface area contributed by atoms with E-state index in [1.165, 1.54) is 6.42 Å². The Balaban J connectivity index is 0.00000289. The predicted molar refractivity (Wildman–Crippen MR) is 76.3 cm³/mol. The van der Waals surface area contributed by atoms with E-state index in [4.69, 9.17) is 4.74 Å².